The van der Waals surface area contributed by atoms with Gasteiger partial charge in [0.15, 0.2) is 17.3 Å². The Bertz CT molecular complexity index is 1010. The van der Waals surface area contributed by atoms with Crippen LogP contribution < -0.4 is 10.1 Å². The minimum atomic E-state index is -0.679. The monoisotopic (exact) mass is 407 g/mol. The summed E-state index contributed by atoms with van der Waals surface area (Å²) in [6, 6.07) is 6.37. The fourth-order valence-electron chi connectivity index (χ4n) is 3.00. The van der Waals surface area contributed by atoms with Crippen molar-refractivity contribution in [3.05, 3.63) is 70.0 Å². The third kappa shape index (κ3) is 3.95. The molecule has 1 aromatic heterocycles. The Morgan fingerprint density at radius 3 is 2.71 bits per heavy atom. The average Bonchev–Trinajstić information content (AvgIpc) is 3.02. The summed E-state index contributed by atoms with van der Waals surface area (Å²) >= 11 is 6.19. The third-order valence-corrected chi connectivity index (χ3v) is 4.95. The second-order valence-corrected chi connectivity index (χ2v) is 6.82. The number of aromatic nitrogens is 2. The molecule has 0 aliphatic heterocycles. The number of benzene rings is 2. The molecule has 0 spiro atoms. The molecule has 0 unspecified atom stereocenters. The first-order valence-electron chi connectivity index (χ1n) is 8.60. The lowest BCUT2D eigenvalue weighted by Crippen LogP contribution is -2.19. The summed E-state index contributed by atoms with van der Waals surface area (Å²) in [4.78, 5) is 0. The molecule has 2 aromatic carbocycles. The summed E-state index contributed by atoms with van der Waals surface area (Å²) in [5, 5.41) is 17.8. The molecule has 3 rings (SSSR count). The summed E-state index contributed by atoms with van der Waals surface area (Å²) in [5.41, 5.74) is 2.55. The number of phenolic OH excluding ortho intramolecular Hbond substituents is 1. The third-order valence-electron chi connectivity index (χ3n) is 4.60. The molecule has 1 atom stereocenters. The van der Waals surface area contributed by atoms with E-state index in [1.165, 1.54) is 30.0 Å². The summed E-state index contributed by atoms with van der Waals surface area (Å²) in [6.07, 6.45) is 1.65. The Balaban J connectivity index is 1.79. The summed E-state index contributed by atoms with van der Waals surface area (Å²) < 4.78 is 33.8. The number of halogens is 3. The normalized spacial score (nSPS) is 12.2. The minimum absolute atomic E-state index is 0.0252. The highest BCUT2D eigenvalue weighted by molar-refractivity contribution is 6.31. The van der Waals surface area contributed by atoms with Gasteiger partial charge in [-0.25, -0.2) is 13.5 Å². The Kier molecular flexibility index (Phi) is 5.86. The van der Waals surface area contributed by atoms with E-state index in [0.717, 1.165) is 22.9 Å². The number of nitrogens with zero attached hydrogens (tertiary/aromatic N) is 2. The van der Waals surface area contributed by atoms with Crippen LogP contribution >= 0.6 is 11.6 Å². The Morgan fingerprint density at radius 1 is 1.29 bits per heavy atom. The molecule has 0 saturated heterocycles. The van der Waals surface area contributed by atoms with E-state index in [9.17, 15) is 13.9 Å². The predicted octanol–water partition coefficient (Wildman–Crippen LogP) is 4.68. The zero-order valence-corrected chi connectivity index (χ0v) is 16.4. The molecule has 5 nitrogen and oxygen atoms in total. The van der Waals surface area contributed by atoms with Gasteiger partial charge >= 0.3 is 0 Å². The number of aromatic hydroxyl groups is 1. The first kappa shape index (κ1) is 20.1. The van der Waals surface area contributed by atoms with Crippen molar-refractivity contribution in [3.63, 3.8) is 0 Å². The van der Waals surface area contributed by atoms with Gasteiger partial charge in [-0.2, -0.15) is 5.10 Å². The number of methoxy groups -OCH3 is 1. The van der Waals surface area contributed by atoms with Crippen LogP contribution in [0, 0.1) is 18.6 Å². The van der Waals surface area contributed by atoms with E-state index in [1.54, 1.807) is 12.3 Å². The van der Waals surface area contributed by atoms with Gasteiger partial charge in [0.25, 0.3) is 0 Å². The van der Waals surface area contributed by atoms with E-state index in [0.29, 0.717) is 17.3 Å². The van der Waals surface area contributed by atoms with Crippen molar-refractivity contribution in [2.75, 3.05) is 7.11 Å². The van der Waals surface area contributed by atoms with Crippen LogP contribution in [0.1, 0.15) is 29.8 Å². The van der Waals surface area contributed by atoms with Gasteiger partial charge in [-0.05, 0) is 37.6 Å². The van der Waals surface area contributed by atoms with Gasteiger partial charge < -0.3 is 15.2 Å². The summed E-state index contributed by atoms with van der Waals surface area (Å²) in [6.45, 7) is 4.19. The minimum Gasteiger partial charge on any atom is -0.504 e. The van der Waals surface area contributed by atoms with Crippen LogP contribution in [0.5, 0.6) is 11.5 Å². The van der Waals surface area contributed by atoms with E-state index in [1.807, 2.05) is 13.8 Å². The highest BCUT2D eigenvalue weighted by Gasteiger charge is 2.17. The fraction of sp³-hybridized carbons (Fsp3) is 0.250. The van der Waals surface area contributed by atoms with Crippen LogP contribution in [-0.2, 0) is 6.54 Å². The molecule has 1 heterocycles. The van der Waals surface area contributed by atoms with Crippen molar-refractivity contribution >= 4 is 11.6 Å². The molecule has 0 aliphatic rings. The summed E-state index contributed by atoms with van der Waals surface area (Å²) in [7, 11) is 1.47. The van der Waals surface area contributed by atoms with Gasteiger partial charge in [-0.15, -0.1) is 0 Å². The van der Waals surface area contributed by atoms with E-state index in [-0.39, 0.29) is 17.5 Å². The Morgan fingerprint density at radius 2 is 2.04 bits per heavy atom. The first-order valence-corrected chi connectivity index (χ1v) is 8.98. The van der Waals surface area contributed by atoms with Crippen LogP contribution in [-0.4, -0.2) is 22.0 Å². The molecular weight excluding hydrogens is 388 g/mol. The van der Waals surface area contributed by atoms with Gasteiger partial charge in [0.05, 0.1) is 13.3 Å². The summed E-state index contributed by atoms with van der Waals surface area (Å²) in [5.74, 6) is -1.00. The zero-order valence-electron chi connectivity index (χ0n) is 15.6. The molecule has 0 bridgehead atoms. The molecule has 0 aliphatic carbocycles. The van der Waals surface area contributed by atoms with Crippen LogP contribution in [0.3, 0.4) is 0 Å². The number of hydrogen-bond acceptors (Lipinski definition) is 4. The van der Waals surface area contributed by atoms with Crippen LogP contribution in [0.4, 0.5) is 8.78 Å². The van der Waals surface area contributed by atoms with Gasteiger partial charge in [0.2, 0.25) is 0 Å². The number of ether oxygens (including phenoxy) is 1. The van der Waals surface area contributed by atoms with Crippen molar-refractivity contribution in [2.24, 2.45) is 0 Å². The molecular formula is C20H20ClF2N3O2. The highest BCUT2D eigenvalue weighted by Crippen LogP contribution is 2.32. The van der Waals surface area contributed by atoms with Crippen LogP contribution in [0.2, 0.25) is 5.02 Å². The molecule has 8 heteroatoms. The van der Waals surface area contributed by atoms with Crippen molar-refractivity contribution in [3.8, 4) is 17.2 Å². The quantitative estimate of drug-likeness (QED) is 0.623. The standard InChI is InChI=1S/C20H20ClF2N3O2/c1-11(24-9-13-6-20(28-3)19(27)8-16(13)21)15-10-25-26(12(15)2)18-5-4-14(22)7-17(18)23/h4-8,10-11,24,27H,9H2,1-3H3/t11-/m0/s1. The van der Waals surface area contributed by atoms with Gasteiger partial charge in [-0.1, -0.05) is 11.6 Å². The lowest BCUT2D eigenvalue weighted by atomic mass is 10.1. The molecule has 0 saturated carbocycles. The van der Waals surface area contributed by atoms with Crippen molar-refractivity contribution < 1.29 is 18.6 Å². The zero-order chi connectivity index (χ0) is 20.4. The van der Waals surface area contributed by atoms with E-state index in [2.05, 4.69) is 10.4 Å². The van der Waals surface area contributed by atoms with E-state index in [4.69, 9.17) is 16.3 Å². The molecule has 28 heavy (non-hydrogen) atoms. The Hall–Kier alpha value is -2.64. The topological polar surface area (TPSA) is 59.3 Å². The second kappa shape index (κ2) is 8.16. The fourth-order valence-corrected chi connectivity index (χ4v) is 3.22. The first-order chi connectivity index (χ1) is 13.3. The van der Waals surface area contributed by atoms with Crippen LogP contribution in [0.25, 0.3) is 5.69 Å². The number of hydrogen-bond donors (Lipinski definition) is 2. The lowest BCUT2D eigenvalue weighted by molar-refractivity contribution is 0.372. The average molecular weight is 408 g/mol. The van der Waals surface area contributed by atoms with E-state index < -0.39 is 11.6 Å². The highest BCUT2D eigenvalue weighted by atomic mass is 35.5. The Labute approximate surface area is 166 Å². The number of phenols is 1. The number of rotatable bonds is 6. The molecule has 0 amide bonds. The molecule has 148 valence electrons. The predicted molar refractivity (Wildman–Crippen MR) is 103 cm³/mol. The molecule has 0 radical (unpaired) electrons. The maximum atomic E-state index is 14.1. The molecule has 0 fully saturated rings. The second-order valence-electron chi connectivity index (χ2n) is 6.41. The largest absolute Gasteiger partial charge is 0.504 e. The van der Waals surface area contributed by atoms with Gasteiger partial charge in [-0.3, -0.25) is 0 Å². The SMILES string of the molecule is COc1cc(CN[C@@H](C)c2cnn(-c3ccc(F)cc3F)c2C)c(Cl)cc1O. The van der Waals surface area contributed by atoms with Crippen molar-refractivity contribution in [1.82, 2.24) is 15.1 Å². The number of nitrogens with one attached hydrogen (secondary N) is 1. The van der Waals surface area contributed by atoms with E-state index >= 15 is 0 Å². The van der Waals surface area contributed by atoms with Crippen LogP contribution in [0.15, 0.2) is 36.5 Å². The molecule has 2 N–H and O–H groups in total. The van der Waals surface area contributed by atoms with Crippen molar-refractivity contribution in [1.29, 1.82) is 0 Å². The maximum Gasteiger partial charge on any atom is 0.160 e. The van der Waals surface area contributed by atoms with Gasteiger partial charge in [0.1, 0.15) is 11.5 Å². The smallest absolute Gasteiger partial charge is 0.160 e. The lowest BCUT2D eigenvalue weighted by Gasteiger charge is -2.16. The molecule has 3 aromatic rings. The van der Waals surface area contributed by atoms with Crippen molar-refractivity contribution in [2.45, 2.75) is 26.4 Å². The maximum absolute atomic E-state index is 14.1. The van der Waals surface area contributed by atoms with Gasteiger partial charge in [0, 0.05) is 41.0 Å².